The second-order valence-corrected chi connectivity index (χ2v) is 63.8. The molecule has 4 aromatic carbocycles. The van der Waals surface area contributed by atoms with Crippen molar-refractivity contribution in [1.29, 1.82) is 0 Å². The Morgan fingerprint density at radius 3 is 1.54 bits per heavy atom. The van der Waals surface area contributed by atoms with Gasteiger partial charge < -0.3 is 41.1 Å². The molecule has 532 valence electrons. The van der Waals surface area contributed by atoms with Crippen LogP contribution >= 0.6 is 39.1 Å². The van der Waals surface area contributed by atoms with Crippen molar-refractivity contribution in [3.63, 3.8) is 0 Å². The molecule has 2 unspecified atom stereocenters. The fourth-order valence-electron chi connectivity index (χ4n) is 13.9. The molecule has 19 heteroatoms. The van der Waals surface area contributed by atoms with Crippen molar-refractivity contribution in [1.82, 2.24) is 0 Å². The van der Waals surface area contributed by atoms with Crippen LogP contribution in [0.15, 0.2) is 89.4 Å². The molecule has 0 amide bonds. The fourth-order valence-corrected chi connectivity index (χ4v) is 20.4. The summed E-state index contributed by atoms with van der Waals surface area (Å²) >= 11 is 16.7. The third kappa shape index (κ3) is 24.5. The van der Waals surface area contributed by atoms with Gasteiger partial charge in [-0.3, -0.25) is 0 Å². The minimum atomic E-state index is -2.15. The lowest BCUT2D eigenvalue weighted by Crippen LogP contribution is -2.65. The van der Waals surface area contributed by atoms with Crippen LogP contribution < -0.4 is 0 Å². The zero-order chi connectivity index (χ0) is 70.5. The number of aliphatic hydroxyl groups is 1. The minimum absolute atomic E-state index is 0.0380. The lowest BCUT2D eigenvalue weighted by atomic mass is 9.58. The number of cyclic esters (lactones) is 1. The van der Waals surface area contributed by atoms with Crippen molar-refractivity contribution in [2.24, 2.45) is 22.7 Å². The summed E-state index contributed by atoms with van der Waals surface area (Å²) in [4.78, 5) is 12.6. The van der Waals surface area contributed by atoms with Crippen molar-refractivity contribution >= 4 is 95.0 Å². The highest BCUT2D eigenvalue weighted by molar-refractivity contribution is 9.10. The Labute approximate surface area is 600 Å². The van der Waals surface area contributed by atoms with E-state index in [1.807, 2.05) is 30.3 Å². The number of benzene rings is 4. The van der Waals surface area contributed by atoms with E-state index < -0.39 is 67.9 Å². The highest BCUT2D eigenvalue weighted by Crippen LogP contribution is 2.55. The Balaban J connectivity index is 0.000000222. The van der Waals surface area contributed by atoms with Gasteiger partial charge in [0.2, 0.25) is 5.79 Å². The summed E-state index contributed by atoms with van der Waals surface area (Å²) in [6.45, 7) is 48.5. The molecule has 3 aliphatic carbocycles. The Hall–Kier alpha value is -1.61. The molecule has 2 heterocycles. The minimum Gasteiger partial charge on any atom is -0.458 e. The van der Waals surface area contributed by atoms with E-state index in [9.17, 15) is 9.90 Å². The van der Waals surface area contributed by atoms with Crippen LogP contribution in [0.25, 0.3) is 0 Å². The van der Waals surface area contributed by atoms with Gasteiger partial charge in [-0.1, -0.05) is 134 Å². The molecule has 1 N–H and O–H groups in total. The molecule has 9 rings (SSSR count). The summed E-state index contributed by atoms with van der Waals surface area (Å²) < 4.78 is 52.1. The molecule has 5 fully saturated rings. The van der Waals surface area contributed by atoms with E-state index in [0.717, 1.165) is 32.8 Å². The van der Waals surface area contributed by atoms with Crippen LogP contribution in [0.2, 0.25) is 128 Å². The topological polar surface area (TPSA) is 111 Å². The van der Waals surface area contributed by atoms with Gasteiger partial charge in [0.15, 0.2) is 56.0 Å². The monoisotopic (exact) mass is 1510 g/mol. The molecule has 1 spiro atoms. The van der Waals surface area contributed by atoms with Crippen LogP contribution in [0.1, 0.15) is 156 Å². The SMILES string of the molecule is CC(CCC1(C)CCC1)c1ccc(Cc2cc(C3(O)O[C@H](CO[Si](C)(C)C)[C@@H](C)[C@H](O[Si](C)(C)C)[C@H]3O[Si](C)(C)C)ccc2Cl)cc1.C[C@H]1[C@H](O[Si](C)(C)C)[C@@H](O[Si](C)(C)C)C(=O)O[C@@H]1CO[Si](C)(C)C.Clc1ccc(Br)cc1Cc1ccc(C2CCC3(CCC3)CC2)cc1. The number of rotatable bonds is 24. The Morgan fingerprint density at radius 1 is 0.579 bits per heavy atom. The molecule has 95 heavy (non-hydrogen) atoms. The highest BCUT2D eigenvalue weighted by Gasteiger charge is 2.57. The van der Waals surface area contributed by atoms with E-state index in [0.29, 0.717) is 41.6 Å². The third-order valence-corrected chi connectivity index (χ3v) is 27.0. The van der Waals surface area contributed by atoms with E-state index in [2.05, 4.69) is 216 Å². The summed E-state index contributed by atoms with van der Waals surface area (Å²) in [5.74, 6) is -0.708. The molecule has 4 aromatic rings. The van der Waals surface area contributed by atoms with Crippen LogP contribution in [-0.4, -0.2) is 111 Å². The maximum Gasteiger partial charge on any atom is 0.337 e. The van der Waals surface area contributed by atoms with Gasteiger partial charge in [0.05, 0.1) is 31.5 Å². The number of carbonyl (C=O) groups is 1. The molecule has 0 bridgehead atoms. The number of carbonyl (C=O) groups excluding carboxylic acids is 1. The van der Waals surface area contributed by atoms with E-state index in [1.165, 1.54) is 105 Å². The molecule has 0 aromatic heterocycles. The van der Waals surface area contributed by atoms with Gasteiger partial charge in [0, 0.05) is 31.9 Å². The summed E-state index contributed by atoms with van der Waals surface area (Å²) in [5, 5.41) is 14.3. The smallest absolute Gasteiger partial charge is 0.337 e. The second kappa shape index (κ2) is 32.8. The van der Waals surface area contributed by atoms with Gasteiger partial charge >= 0.3 is 5.97 Å². The van der Waals surface area contributed by atoms with Gasteiger partial charge in [-0.2, -0.15) is 0 Å². The third-order valence-electron chi connectivity index (χ3n) is 19.8. The Bertz CT molecular complexity index is 3100. The predicted octanol–water partition coefficient (Wildman–Crippen LogP) is 21.8. The molecular weight excluding hydrogens is 1390 g/mol. The highest BCUT2D eigenvalue weighted by atomic mass is 79.9. The van der Waals surface area contributed by atoms with E-state index in [-0.39, 0.29) is 42.2 Å². The van der Waals surface area contributed by atoms with Gasteiger partial charge in [0.1, 0.15) is 12.2 Å². The van der Waals surface area contributed by atoms with Crippen molar-refractivity contribution in [3.8, 4) is 0 Å². The average molecular weight is 1520 g/mol. The Morgan fingerprint density at radius 2 is 1.05 bits per heavy atom. The van der Waals surface area contributed by atoms with Crippen LogP contribution in [0.3, 0.4) is 0 Å². The summed E-state index contributed by atoms with van der Waals surface area (Å²) in [7, 11) is -11.4. The molecule has 5 aliphatic rings. The number of ether oxygens (including phenoxy) is 2. The summed E-state index contributed by atoms with van der Waals surface area (Å²) in [6, 6.07) is 30.2. The zero-order valence-electron chi connectivity index (χ0n) is 62.4. The van der Waals surface area contributed by atoms with Crippen LogP contribution in [0, 0.1) is 22.7 Å². The molecule has 10 nitrogen and oxygen atoms in total. The first-order valence-corrected chi connectivity index (χ1v) is 57.8. The molecule has 2 aliphatic heterocycles. The first-order valence-electron chi connectivity index (χ1n) is 35.8. The number of halogens is 3. The predicted molar refractivity (Wildman–Crippen MR) is 415 cm³/mol. The standard InChI is InChI=1S/C38H63ClO5Si3.C22H24BrCl.C16H36O5Si3/c1-27(20-23-37(3)21-13-22-37)30-16-14-29(15-17-30)24-31-25-32(18-19-33(31)39)38(40)36(44-47(10,11)12)35(43-46(7,8)9)28(2)34(42-38)26-41-45(4,5)6;23-20-6-7-21(24)19(15-20)14-16-2-4-17(5-3-16)18-8-12-22(13-9-18)10-1-11-22;1-12-13(11-18-22(2,3)4)19-16(17)15(21-24(8,9)10)14(12)20-23(5,6)7/h14-19,25,27-28,34-36,40H,13,20-24,26H2,1-12H3;2-7,15,18H,1,8-14H2;12-15H,11H2,1-10H3/t27?,28-,34-,35+,36-,38?;;12-,13-,14+,15-/m1.1/s1. The van der Waals surface area contributed by atoms with E-state index >= 15 is 0 Å². The van der Waals surface area contributed by atoms with Gasteiger partial charge in [-0.15, -0.1) is 0 Å². The van der Waals surface area contributed by atoms with Gasteiger partial charge in [0.25, 0.3) is 0 Å². The van der Waals surface area contributed by atoms with Gasteiger partial charge in [-0.25, -0.2) is 4.79 Å². The number of esters is 1. The molecule has 0 radical (unpaired) electrons. The number of hydrogen-bond donors (Lipinski definition) is 1. The zero-order valence-corrected chi connectivity index (χ0v) is 71.5. The largest absolute Gasteiger partial charge is 0.458 e. The normalized spacial score (nSPS) is 26.1. The first kappa shape index (κ1) is 80.7. The van der Waals surface area contributed by atoms with Crippen molar-refractivity contribution in [3.05, 3.63) is 138 Å². The quantitative estimate of drug-likeness (QED) is 0.0538. The maximum absolute atomic E-state index is 12.8. The molecule has 10 atom stereocenters. The summed E-state index contributed by atoms with van der Waals surface area (Å²) in [5.41, 5.74) is 9.54. The lowest BCUT2D eigenvalue weighted by Gasteiger charge is -2.53. The second-order valence-electron chi connectivity index (χ2n) is 35.2. The Kier molecular flexibility index (Phi) is 27.9. The van der Waals surface area contributed by atoms with Crippen molar-refractivity contribution in [2.75, 3.05) is 13.2 Å². The maximum atomic E-state index is 12.8. The summed E-state index contributed by atoms with van der Waals surface area (Å²) in [6.07, 6.45) is 15.8. The molecular formula is C76H123BrCl2O10Si6. The van der Waals surface area contributed by atoms with Gasteiger partial charge in [-0.05, 0) is 281 Å². The van der Waals surface area contributed by atoms with Crippen molar-refractivity contribution in [2.45, 2.75) is 290 Å². The average Bonchev–Trinajstić information content (AvgIpc) is 0.741. The van der Waals surface area contributed by atoms with Crippen LogP contribution in [0.5, 0.6) is 0 Å². The molecule has 3 saturated carbocycles. The fraction of sp³-hybridized carbons (Fsp3) is 0.671. The van der Waals surface area contributed by atoms with E-state index in [4.69, 9.17) is 59.2 Å². The van der Waals surface area contributed by atoms with E-state index in [1.54, 1.807) is 0 Å². The van der Waals surface area contributed by atoms with Crippen LogP contribution in [0.4, 0.5) is 0 Å². The lowest BCUT2D eigenvalue weighted by molar-refractivity contribution is -0.341. The van der Waals surface area contributed by atoms with Crippen molar-refractivity contribution < 1.29 is 45.9 Å². The molecule has 2 saturated heterocycles. The number of hydrogen-bond acceptors (Lipinski definition) is 10. The first-order chi connectivity index (χ1) is 43.8. The van der Waals surface area contributed by atoms with Crippen LogP contribution in [-0.2, 0) is 59.5 Å².